The van der Waals surface area contributed by atoms with Gasteiger partial charge in [0.05, 0.1) is 17.3 Å². The molecule has 0 bridgehead atoms. The van der Waals surface area contributed by atoms with Crippen molar-refractivity contribution in [2.45, 2.75) is 0 Å². The zero-order chi connectivity index (χ0) is 13.7. The van der Waals surface area contributed by atoms with E-state index in [1.807, 2.05) is 30.3 Å². The molecule has 0 saturated carbocycles. The van der Waals surface area contributed by atoms with Crippen LogP contribution in [0.15, 0.2) is 48.5 Å². The summed E-state index contributed by atoms with van der Waals surface area (Å²) in [5.74, 6) is -0.970. The minimum atomic E-state index is -0.628. The van der Waals surface area contributed by atoms with E-state index in [1.165, 1.54) is 12.1 Å². The molecule has 2 aromatic carbocycles. The van der Waals surface area contributed by atoms with Gasteiger partial charge in [0.15, 0.2) is 5.82 Å². The molecule has 0 spiro atoms. The van der Waals surface area contributed by atoms with Crippen LogP contribution in [0, 0.1) is 5.82 Å². The van der Waals surface area contributed by atoms with Gasteiger partial charge in [0.2, 0.25) is 5.91 Å². The summed E-state index contributed by atoms with van der Waals surface area (Å²) in [5, 5.41) is 5.37. The van der Waals surface area contributed by atoms with E-state index in [9.17, 15) is 9.18 Å². The first-order chi connectivity index (χ1) is 9.16. The standard InChI is InChI=1S/C14H12ClFN2O/c15-11-7-4-8-12(14(11)16)18-13(19)9-17-10-5-2-1-3-6-10/h1-8,17H,9H2,(H,18,19). The second-order valence-electron chi connectivity index (χ2n) is 3.87. The van der Waals surface area contributed by atoms with Gasteiger partial charge < -0.3 is 10.6 Å². The molecule has 1 amide bonds. The van der Waals surface area contributed by atoms with Crippen LogP contribution in [0.3, 0.4) is 0 Å². The van der Waals surface area contributed by atoms with Gasteiger partial charge in [0.1, 0.15) is 0 Å². The third kappa shape index (κ3) is 3.69. The fourth-order valence-corrected chi connectivity index (χ4v) is 1.71. The molecule has 0 aliphatic heterocycles. The van der Waals surface area contributed by atoms with Gasteiger partial charge in [-0.15, -0.1) is 0 Å². The van der Waals surface area contributed by atoms with Crippen molar-refractivity contribution in [1.29, 1.82) is 0 Å². The van der Waals surface area contributed by atoms with Crippen molar-refractivity contribution < 1.29 is 9.18 Å². The van der Waals surface area contributed by atoms with Crippen LogP contribution < -0.4 is 10.6 Å². The maximum atomic E-state index is 13.6. The fourth-order valence-electron chi connectivity index (χ4n) is 1.53. The van der Waals surface area contributed by atoms with Crippen LogP contribution >= 0.6 is 11.6 Å². The summed E-state index contributed by atoms with van der Waals surface area (Å²) in [6, 6.07) is 13.7. The number of carbonyl (C=O) groups is 1. The van der Waals surface area contributed by atoms with E-state index in [0.29, 0.717) is 0 Å². The highest BCUT2D eigenvalue weighted by molar-refractivity contribution is 6.31. The number of benzene rings is 2. The smallest absolute Gasteiger partial charge is 0.243 e. The number of hydrogen-bond acceptors (Lipinski definition) is 2. The molecular formula is C14H12ClFN2O. The van der Waals surface area contributed by atoms with Crippen molar-refractivity contribution in [2.24, 2.45) is 0 Å². The Morgan fingerprint density at radius 2 is 1.84 bits per heavy atom. The lowest BCUT2D eigenvalue weighted by Crippen LogP contribution is -2.22. The Hall–Kier alpha value is -2.07. The van der Waals surface area contributed by atoms with Gasteiger partial charge in [-0.2, -0.15) is 0 Å². The number of halogens is 2. The molecule has 0 fully saturated rings. The molecule has 19 heavy (non-hydrogen) atoms. The minimum absolute atomic E-state index is 0.0196. The van der Waals surface area contributed by atoms with Crippen molar-refractivity contribution >= 4 is 28.9 Å². The molecule has 2 N–H and O–H groups in total. The average molecular weight is 279 g/mol. The lowest BCUT2D eigenvalue weighted by atomic mass is 10.3. The quantitative estimate of drug-likeness (QED) is 0.898. The van der Waals surface area contributed by atoms with Gasteiger partial charge in [0.25, 0.3) is 0 Å². The lowest BCUT2D eigenvalue weighted by Gasteiger charge is -2.08. The van der Waals surface area contributed by atoms with E-state index in [-0.39, 0.29) is 23.2 Å². The predicted molar refractivity (Wildman–Crippen MR) is 75.0 cm³/mol. The molecule has 3 nitrogen and oxygen atoms in total. The van der Waals surface area contributed by atoms with E-state index in [1.54, 1.807) is 6.07 Å². The van der Waals surface area contributed by atoms with Gasteiger partial charge in [-0.3, -0.25) is 4.79 Å². The largest absolute Gasteiger partial charge is 0.376 e. The molecule has 0 aliphatic rings. The Morgan fingerprint density at radius 1 is 1.11 bits per heavy atom. The summed E-state index contributed by atoms with van der Waals surface area (Å²) in [4.78, 5) is 11.7. The summed E-state index contributed by atoms with van der Waals surface area (Å²) in [5.41, 5.74) is 0.900. The first kappa shape index (κ1) is 13.4. The molecule has 0 aromatic heterocycles. The van der Waals surface area contributed by atoms with Crippen molar-refractivity contribution in [2.75, 3.05) is 17.2 Å². The summed E-state index contributed by atoms with van der Waals surface area (Å²) in [6.07, 6.45) is 0. The average Bonchev–Trinajstić information content (AvgIpc) is 2.43. The molecule has 0 radical (unpaired) electrons. The highest BCUT2D eigenvalue weighted by Gasteiger charge is 2.09. The SMILES string of the molecule is O=C(CNc1ccccc1)Nc1cccc(Cl)c1F. The summed E-state index contributed by atoms with van der Waals surface area (Å²) in [7, 11) is 0. The number of carbonyl (C=O) groups excluding carboxylic acids is 1. The van der Waals surface area contributed by atoms with Crippen molar-refractivity contribution in [3.63, 3.8) is 0 Å². The predicted octanol–water partition coefficient (Wildman–Crippen LogP) is 3.53. The van der Waals surface area contributed by atoms with Gasteiger partial charge in [-0.25, -0.2) is 4.39 Å². The van der Waals surface area contributed by atoms with Gasteiger partial charge >= 0.3 is 0 Å². The number of hydrogen-bond donors (Lipinski definition) is 2. The van der Waals surface area contributed by atoms with E-state index in [0.717, 1.165) is 5.69 Å². The summed E-state index contributed by atoms with van der Waals surface area (Å²) < 4.78 is 13.6. The van der Waals surface area contributed by atoms with Crippen LogP contribution in [-0.4, -0.2) is 12.5 Å². The third-order valence-corrected chi connectivity index (χ3v) is 2.74. The molecule has 5 heteroatoms. The molecule has 98 valence electrons. The normalized spacial score (nSPS) is 10.0. The topological polar surface area (TPSA) is 41.1 Å². The Kier molecular flexibility index (Phi) is 4.36. The number of anilines is 2. The Morgan fingerprint density at radius 3 is 2.58 bits per heavy atom. The van der Waals surface area contributed by atoms with E-state index in [4.69, 9.17) is 11.6 Å². The van der Waals surface area contributed by atoms with Crippen LogP contribution in [0.1, 0.15) is 0 Å². The molecule has 0 atom stereocenters. The van der Waals surface area contributed by atoms with E-state index >= 15 is 0 Å². The Bertz CT molecular complexity index is 575. The molecular weight excluding hydrogens is 267 g/mol. The Labute approximate surface area is 115 Å². The van der Waals surface area contributed by atoms with Crippen LogP contribution in [-0.2, 0) is 4.79 Å². The van der Waals surface area contributed by atoms with Crippen LogP contribution in [0.5, 0.6) is 0 Å². The highest BCUT2D eigenvalue weighted by atomic mass is 35.5. The van der Waals surface area contributed by atoms with Crippen LogP contribution in [0.4, 0.5) is 15.8 Å². The van der Waals surface area contributed by atoms with E-state index in [2.05, 4.69) is 10.6 Å². The molecule has 0 saturated heterocycles. The fraction of sp³-hybridized carbons (Fsp3) is 0.0714. The summed E-state index contributed by atoms with van der Waals surface area (Å²) in [6.45, 7) is 0.0516. The van der Waals surface area contributed by atoms with Gasteiger partial charge in [-0.05, 0) is 24.3 Å². The first-order valence-electron chi connectivity index (χ1n) is 5.69. The van der Waals surface area contributed by atoms with Gasteiger partial charge in [0, 0.05) is 5.69 Å². The molecule has 2 rings (SSSR count). The first-order valence-corrected chi connectivity index (χ1v) is 6.07. The second-order valence-corrected chi connectivity index (χ2v) is 4.28. The summed E-state index contributed by atoms with van der Waals surface area (Å²) >= 11 is 5.63. The molecule has 0 unspecified atom stereocenters. The number of nitrogens with one attached hydrogen (secondary N) is 2. The maximum absolute atomic E-state index is 13.6. The third-order valence-electron chi connectivity index (χ3n) is 2.45. The molecule has 0 aliphatic carbocycles. The van der Waals surface area contributed by atoms with Crippen molar-refractivity contribution in [3.8, 4) is 0 Å². The monoisotopic (exact) mass is 278 g/mol. The maximum Gasteiger partial charge on any atom is 0.243 e. The Balaban J connectivity index is 1.93. The van der Waals surface area contributed by atoms with E-state index < -0.39 is 5.82 Å². The zero-order valence-electron chi connectivity index (χ0n) is 9.99. The number of para-hydroxylation sites is 1. The van der Waals surface area contributed by atoms with Crippen molar-refractivity contribution in [1.82, 2.24) is 0 Å². The van der Waals surface area contributed by atoms with Gasteiger partial charge in [-0.1, -0.05) is 35.9 Å². The van der Waals surface area contributed by atoms with Crippen molar-refractivity contribution in [3.05, 3.63) is 59.4 Å². The number of rotatable bonds is 4. The minimum Gasteiger partial charge on any atom is -0.376 e. The number of amides is 1. The second kappa shape index (κ2) is 6.20. The molecule has 0 heterocycles. The van der Waals surface area contributed by atoms with Crippen LogP contribution in [0.2, 0.25) is 5.02 Å². The lowest BCUT2D eigenvalue weighted by molar-refractivity contribution is -0.114. The highest BCUT2D eigenvalue weighted by Crippen LogP contribution is 2.21. The molecule has 2 aromatic rings. The zero-order valence-corrected chi connectivity index (χ0v) is 10.7. The van der Waals surface area contributed by atoms with Crippen LogP contribution in [0.25, 0.3) is 0 Å².